The topological polar surface area (TPSA) is 84.2 Å². The summed E-state index contributed by atoms with van der Waals surface area (Å²) in [5.74, 6) is -1.93. The van der Waals surface area contributed by atoms with E-state index < -0.39 is 23.4 Å². The van der Waals surface area contributed by atoms with Gasteiger partial charge in [0.25, 0.3) is 0 Å². The van der Waals surface area contributed by atoms with Gasteiger partial charge in [-0.05, 0) is 29.7 Å². The molecule has 2 rings (SSSR count). The van der Waals surface area contributed by atoms with Crippen molar-refractivity contribution < 1.29 is 27.9 Å². The highest BCUT2D eigenvalue weighted by Crippen LogP contribution is 2.33. The second-order valence-corrected chi connectivity index (χ2v) is 6.95. The molecule has 0 radical (unpaired) electrons. The molecule has 26 heavy (non-hydrogen) atoms. The summed E-state index contributed by atoms with van der Waals surface area (Å²) >= 11 is 0. The normalized spacial score (nSPS) is 12.1. The van der Waals surface area contributed by atoms with Gasteiger partial charge in [0, 0.05) is 12.1 Å². The Morgan fingerprint density at radius 1 is 1.15 bits per heavy atom. The Bertz CT molecular complexity index is 819. The average molecular weight is 369 g/mol. The first-order chi connectivity index (χ1) is 11.9. The lowest BCUT2D eigenvalue weighted by molar-refractivity contribution is -0.143. The monoisotopic (exact) mass is 369 g/mol. The van der Waals surface area contributed by atoms with E-state index in [9.17, 15) is 22.8 Å². The summed E-state index contributed by atoms with van der Waals surface area (Å²) in [5, 5.41) is 15.1. The number of halogens is 3. The number of carboxylic acid groups (broad SMARTS) is 1. The number of hydrogen-bond donors (Lipinski definition) is 2. The molecule has 2 N–H and O–H groups in total. The number of carbonyl (C=O) groups is 2. The maximum atomic E-state index is 13.2. The summed E-state index contributed by atoms with van der Waals surface area (Å²) < 4.78 is 40.2. The number of rotatable bonds is 4. The molecule has 0 saturated heterocycles. The second kappa shape index (κ2) is 6.81. The quantitative estimate of drug-likeness (QED) is 0.854. The lowest BCUT2D eigenvalue weighted by atomic mass is 9.92. The van der Waals surface area contributed by atoms with Crippen LogP contribution in [0, 0.1) is 5.41 Å². The molecular formula is C17H18F3N3O3. The number of nitrogens with one attached hydrogen (secondary N) is 1. The maximum absolute atomic E-state index is 13.2. The van der Waals surface area contributed by atoms with Crippen molar-refractivity contribution in [3.63, 3.8) is 0 Å². The zero-order valence-corrected chi connectivity index (χ0v) is 14.4. The van der Waals surface area contributed by atoms with Crippen LogP contribution in [0.5, 0.6) is 0 Å². The summed E-state index contributed by atoms with van der Waals surface area (Å²) in [6.45, 7) is 5.73. The van der Waals surface area contributed by atoms with Crippen molar-refractivity contribution in [3.8, 4) is 5.69 Å². The SMILES string of the molecule is CC(C)(C)CC(=O)Nc1ccc(-n2ncc(C(=O)O)c2C(F)(F)F)cc1. The van der Waals surface area contributed by atoms with Gasteiger partial charge in [-0.15, -0.1) is 0 Å². The lowest BCUT2D eigenvalue weighted by Crippen LogP contribution is -2.19. The van der Waals surface area contributed by atoms with Crippen molar-refractivity contribution in [2.45, 2.75) is 33.4 Å². The van der Waals surface area contributed by atoms with E-state index in [1.165, 1.54) is 24.3 Å². The molecular weight excluding hydrogens is 351 g/mol. The number of aromatic nitrogens is 2. The van der Waals surface area contributed by atoms with Gasteiger partial charge in [-0.1, -0.05) is 20.8 Å². The number of amides is 1. The Morgan fingerprint density at radius 2 is 1.73 bits per heavy atom. The number of carboxylic acids is 1. The van der Waals surface area contributed by atoms with Crippen LogP contribution >= 0.6 is 0 Å². The van der Waals surface area contributed by atoms with Gasteiger partial charge in [-0.25, -0.2) is 9.48 Å². The van der Waals surface area contributed by atoms with Crippen molar-refractivity contribution in [2.75, 3.05) is 5.32 Å². The molecule has 0 fully saturated rings. The van der Waals surface area contributed by atoms with Gasteiger partial charge in [0.1, 0.15) is 5.56 Å². The Kier molecular flexibility index (Phi) is 5.11. The van der Waals surface area contributed by atoms with Crippen molar-refractivity contribution in [1.82, 2.24) is 9.78 Å². The van der Waals surface area contributed by atoms with Crippen LogP contribution in [0.1, 0.15) is 43.2 Å². The minimum Gasteiger partial charge on any atom is -0.478 e. The van der Waals surface area contributed by atoms with Crippen LogP contribution in [0.4, 0.5) is 18.9 Å². The van der Waals surface area contributed by atoms with Gasteiger partial charge < -0.3 is 10.4 Å². The van der Waals surface area contributed by atoms with Crippen LogP contribution in [-0.2, 0) is 11.0 Å². The van der Waals surface area contributed by atoms with Crippen LogP contribution in [0.15, 0.2) is 30.5 Å². The van der Waals surface area contributed by atoms with E-state index in [1.807, 2.05) is 20.8 Å². The van der Waals surface area contributed by atoms with Crippen molar-refractivity contribution in [2.24, 2.45) is 5.41 Å². The third kappa shape index (κ3) is 4.62. The van der Waals surface area contributed by atoms with Crippen molar-refractivity contribution in [1.29, 1.82) is 0 Å². The third-order valence-electron chi connectivity index (χ3n) is 3.35. The smallest absolute Gasteiger partial charge is 0.434 e. The zero-order chi connectivity index (χ0) is 19.7. The first-order valence-electron chi connectivity index (χ1n) is 7.67. The Morgan fingerprint density at radius 3 is 2.19 bits per heavy atom. The number of hydrogen-bond acceptors (Lipinski definition) is 3. The number of anilines is 1. The highest BCUT2D eigenvalue weighted by Gasteiger charge is 2.40. The van der Waals surface area contributed by atoms with Crippen LogP contribution in [0.3, 0.4) is 0 Å². The molecule has 1 heterocycles. The molecule has 9 heteroatoms. The predicted molar refractivity (Wildman–Crippen MR) is 88.2 cm³/mol. The van der Waals surface area contributed by atoms with E-state index in [0.717, 1.165) is 0 Å². The van der Waals surface area contributed by atoms with E-state index in [1.54, 1.807) is 0 Å². The second-order valence-electron chi connectivity index (χ2n) is 6.95. The largest absolute Gasteiger partial charge is 0.478 e. The van der Waals surface area contributed by atoms with Crippen LogP contribution < -0.4 is 5.32 Å². The standard InChI is InChI=1S/C17H18F3N3O3/c1-16(2,3)8-13(24)22-10-4-6-11(7-5-10)23-14(17(18,19)20)12(9-21-23)15(25)26/h4-7,9H,8H2,1-3H3,(H,22,24)(H,25,26). The zero-order valence-electron chi connectivity index (χ0n) is 14.4. The van der Waals surface area contributed by atoms with E-state index in [0.29, 0.717) is 16.6 Å². The van der Waals surface area contributed by atoms with E-state index in [2.05, 4.69) is 10.4 Å². The molecule has 0 spiro atoms. The van der Waals surface area contributed by atoms with Crippen LogP contribution in [0.25, 0.3) is 5.69 Å². The molecule has 0 aliphatic carbocycles. The van der Waals surface area contributed by atoms with Crippen molar-refractivity contribution in [3.05, 3.63) is 41.7 Å². The minimum atomic E-state index is -4.89. The number of nitrogens with zero attached hydrogens (tertiary/aromatic N) is 2. The number of carbonyl (C=O) groups excluding carboxylic acids is 1. The molecule has 1 aromatic carbocycles. The Balaban J connectivity index is 2.29. The number of aromatic carboxylic acids is 1. The van der Waals surface area contributed by atoms with E-state index in [-0.39, 0.29) is 23.4 Å². The lowest BCUT2D eigenvalue weighted by Gasteiger charge is -2.17. The van der Waals surface area contributed by atoms with E-state index >= 15 is 0 Å². The summed E-state index contributed by atoms with van der Waals surface area (Å²) in [4.78, 5) is 22.9. The van der Waals surface area contributed by atoms with Crippen LogP contribution in [0.2, 0.25) is 0 Å². The molecule has 2 aromatic rings. The van der Waals surface area contributed by atoms with Gasteiger partial charge in [0.05, 0.1) is 11.9 Å². The van der Waals surface area contributed by atoms with Gasteiger partial charge in [0.2, 0.25) is 5.91 Å². The maximum Gasteiger partial charge on any atom is 0.434 e. The molecule has 140 valence electrons. The number of benzene rings is 1. The Hall–Kier alpha value is -2.84. The van der Waals surface area contributed by atoms with Gasteiger partial charge in [0.15, 0.2) is 5.69 Å². The van der Waals surface area contributed by atoms with Gasteiger partial charge in [-0.3, -0.25) is 4.79 Å². The van der Waals surface area contributed by atoms with E-state index in [4.69, 9.17) is 5.11 Å². The molecule has 1 amide bonds. The van der Waals surface area contributed by atoms with Gasteiger partial charge >= 0.3 is 12.1 Å². The summed E-state index contributed by atoms with van der Waals surface area (Å²) in [6.07, 6.45) is -3.94. The molecule has 0 saturated carbocycles. The van der Waals surface area contributed by atoms with Crippen LogP contribution in [-0.4, -0.2) is 26.8 Å². The molecule has 1 aromatic heterocycles. The highest BCUT2D eigenvalue weighted by molar-refractivity contribution is 5.91. The molecule has 6 nitrogen and oxygen atoms in total. The predicted octanol–water partition coefficient (Wildman–Crippen LogP) is 3.96. The van der Waals surface area contributed by atoms with Crippen molar-refractivity contribution >= 4 is 17.6 Å². The highest BCUT2D eigenvalue weighted by atomic mass is 19.4. The fourth-order valence-electron chi connectivity index (χ4n) is 2.35. The third-order valence-corrected chi connectivity index (χ3v) is 3.35. The molecule has 0 atom stereocenters. The fraction of sp³-hybridized carbons (Fsp3) is 0.353. The molecule has 0 bridgehead atoms. The minimum absolute atomic E-state index is 0.0265. The average Bonchev–Trinajstić information content (AvgIpc) is 2.91. The Labute approximate surface area is 147 Å². The first kappa shape index (κ1) is 19.5. The summed E-state index contributed by atoms with van der Waals surface area (Å²) in [6, 6.07) is 5.50. The fourth-order valence-corrected chi connectivity index (χ4v) is 2.35. The molecule has 0 aliphatic heterocycles. The van der Waals surface area contributed by atoms with Gasteiger partial charge in [-0.2, -0.15) is 18.3 Å². The number of alkyl halides is 3. The summed E-state index contributed by atoms with van der Waals surface area (Å²) in [5.41, 5.74) is -2.05. The summed E-state index contributed by atoms with van der Waals surface area (Å²) in [7, 11) is 0. The molecule has 0 unspecified atom stereocenters. The molecule has 0 aliphatic rings. The first-order valence-corrected chi connectivity index (χ1v) is 7.67.